The van der Waals surface area contributed by atoms with Crippen molar-refractivity contribution < 1.29 is 9.53 Å². The summed E-state index contributed by atoms with van der Waals surface area (Å²) in [5.74, 6) is 1.31. The Labute approximate surface area is 232 Å². The number of methoxy groups -OCH3 is 1. The van der Waals surface area contributed by atoms with Crippen LogP contribution in [0.3, 0.4) is 0 Å². The number of carbonyl (C=O) groups excluding carboxylic acids is 1. The molecular formula is C29H30ClN5O2S. The molecule has 1 aromatic heterocycles. The van der Waals surface area contributed by atoms with Gasteiger partial charge in [-0.2, -0.15) is 5.10 Å². The number of nitrogens with one attached hydrogen (secondary N) is 1. The highest BCUT2D eigenvalue weighted by Gasteiger charge is 2.19. The van der Waals surface area contributed by atoms with Gasteiger partial charge in [-0.25, -0.2) is 5.43 Å². The van der Waals surface area contributed by atoms with Gasteiger partial charge in [-0.05, 0) is 59.9 Å². The molecule has 0 fully saturated rings. The number of hydrazone groups is 1. The van der Waals surface area contributed by atoms with Gasteiger partial charge in [0.1, 0.15) is 5.75 Å². The van der Waals surface area contributed by atoms with Gasteiger partial charge in [0, 0.05) is 16.3 Å². The quantitative estimate of drug-likeness (QED) is 0.154. The minimum Gasteiger partial charge on any atom is -0.497 e. The van der Waals surface area contributed by atoms with Gasteiger partial charge in [-0.3, -0.25) is 9.36 Å². The Bertz CT molecular complexity index is 1420. The third-order valence-electron chi connectivity index (χ3n) is 5.92. The Kier molecular flexibility index (Phi) is 8.54. The zero-order valence-electron chi connectivity index (χ0n) is 22.0. The Hall–Kier alpha value is -3.62. The molecule has 1 heterocycles. The molecule has 3 aromatic carbocycles. The van der Waals surface area contributed by atoms with Crippen LogP contribution in [0.25, 0.3) is 17.1 Å². The molecule has 0 radical (unpaired) electrons. The van der Waals surface area contributed by atoms with E-state index in [9.17, 15) is 4.79 Å². The third kappa shape index (κ3) is 6.62. The number of nitrogens with zero attached hydrogens (tertiary/aromatic N) is 4. The highest BCUT2D eigenvalue weighted by atomic mass is 35.5. The molecule has 1 amide bonds. The van der Waals surface area contributed by atoms with Crippen molar-refractivity contribution in [1.82, 2.24) is 20.2 Å². The fourth-order valence-corrected chi connectivity index (χ4v) is 4.57. The average Bonchev–Trinajstić information content (AvgIpc) is 3.34. The highest BCUT2D eigenvalue weighted by Crippen LogP contribution is 2.30. The maximum Gasteiger partial charge on any atom is 0.250 e. The zero-order valence-corrected chi connectivity index (χ0v) is 23.6. The van der Waals surface area contributed by atoms with Crippen LogP contribution in [-0.4, -0.2) is 39.2 Å². The standard InChI is InChI=1S/C29H30ClN5O2S/c1-19(20-8-12-23(30)13-9-20)31-32-26(36)18-38-28-34-33-27(21-6-10-22(11-7-21)29(2,3)4)35(28)24-14-16-25(37-5)17-15-24/h6-17H,18H2,1-5H3,(H,32,36)/b31-19-. The van der Waals surface area contributed by atoms with Crippen LogP contribution in [0.15, 0.2) is 83.1 Å². The lowest BCUT2D eigenvalue weighted by Crippen LogP contribution is -2.21. The minimum absolute atomic E-state index is 0.0466. The Morgan fingerprint density at radius 1 is 1.00 bits per heavy atom. The van der Waals surface area contributed by atoms with Gasteiger partial charge < -0.3 is 4.74 Å². The van der Waals surface area contributed by atoms with Crippen LogP contribution in [-0.2, 0) is 10.2 Å². The maximum absolute atomic E-state index is 12.6. The van der Waals surface area contributed by atoms with E-state index >= 15 is 0 Å². The number of halogens is 1. The Morgan fingerprint density at radius 3 is 2.26 bits per heavy atom. The van der Waals surface area contributed by atoms with Gasteiger partial charge in [0.05, 0.1) is 18.6 Å². The van der Waals surface area contributed by atoms with Crippen molar-refractivity contribution >= 4 is 35.0 Å². The number of thioether (sulfide) groups is 1. The molecule has 7 nitrogen and oxygen atoms in total. The summed E-state index contributed by atoms with van der Waals surface area (Å²) in [6.45, 7) is 8.38. The summed E-state index contributed by atoms with van der Waals surface area (Å²) >= 11 is 7.24. The lowest BCUT2D eigenvalue weighted by molar-refractivity contribution is -0.118. The lowest BCUT2D eigenvalue weighted by Gasteiger charge is -2.19. The maximum atomic E-state index is 12.6. The van der Waals surface area contributed by atoms with Crippen LogP contribution >= 0.6 is 23.4 Å². The molecule has 0 aliphatic heterocycles. The van der Waals surface area contributed by atoms with E-state index in [1.165, 1.54) is 17.3 Å². The molecule has 0 bridgehead atoms. The number of ether oxygens (including phenoxy) is 1. The minimum atomic E-state index is -0.247. The van der Waals surface area contributed by atoms with Crippen molar-refractivity contribution in [3.05, 3.63) is 88.9 Å². The van der Waals surface area contributed by atoms with E-state index in [1.54, 1.807) is 19.2 Å². The molecule has 0 unspecified atom stereocenters. The summed E-state index contributed by atoms with van der Waals surface area (Å²) < 4.78 is 7.27. The molecule has 0 saturated carbocycles. The van der Waals surface area contributed by atoms with Crippen LogP contribution < -0.4 is 10.2 Å². The number of hydrogen-bond donors (Lipinski definition) is 1. The smallest absolute Gasteiger partial charge is 0.250 e. The first-order chi connectivity index (χ1) is 18.2. The molecule has 0 spiro atoms. The SMILES string of the molecule is COc1ccc(-n2c(SCC(=O)N/N=C(/C)c3ccc(Cl)cc3)nnc2-c2ccc(C(C)(C)C)cc2)cc1. The lowest BCUT2D eigenvalue weighted by atomic mass is 9.87. The number of aromatic nitrogens is 3. The average molecular weight is 548 g/mol. The molecule has 38 heavy (non-hydrogen) atoms. The zero-order chi connectivity index (χ0) is 27.3. The van der Waals surface area contributed by atoms with Crippen molar-refractivity contribution in [2.45, 2.75) is 38.3 Å². The number of amides is 1. The normalized spacial score (nSPS) is 11.9. The molecule has 196 valence electrons. The number of benzene rings is 3. The molecule has 9 heteroatoms. The summed E-state index contributed by atoms with van der Waals surface area (Å²) in [4.78, 5) is 12.6. The summed E-state index contributed by atoms with van der Waals surface area (Å²) in [5.41, 5.74) is 7.26. The van der Waals surface area contributed by atoms with Crippen molar-refractivity contribution in [3.63, 3.8) is 0 Å². The van der Waals surface area contributed by atoms with E-state index in [1.807, 2.05) is 47.9 Å². The van der Waals surface area contributed by atoms with Gasteiger partial charge >= 0.3 is 0 Å². The molecule has 0 atom stereocenters. The third-order valence-corrected chi connectivity index (χ3v) is 7.10. The first-order valence-electron chi connectivity index (χ1n) is 12.1. The number of hydrogen-bond acceptors (Lipinski definition) is 6. The van der Waals surface area contributed by atoms with Crippen LogP contribution in [0.4, 0.5) is 0 Å². The molecule has 0 aliphatic rings. The van der Waals surface area contributed by atoms with Crippen LogP contribution in [0.1, 0.15) is 38.8 Å². The van der Waals surface area contributed by atoms with Crippen molar-refractivity contribution in [3.8, 4) is 22.8 Å². The number of carbonyl (C=O) groups is 1. The van der Waals surface area contributed by atoms with Gasteiger partial charge in [-0.1, -0.05) is 80.5 Å². The van der Waals surface area contributed by atoms with Crippen molar-refractivity contribution in [1.29, 1.82) is 0 Å². The second kappa shape index (κ2) is 11.8. The summed E-state index contributed by atoms with van der Waals surface area (Å²) in [6, 6.07) is 23.3. The fourth-order valence-electron chi connectivity index (χ4n) is 3.70. The predicted octanol–water partition coefficient (Wildman–Crippen LogP) is 6.53. The summed E-state index contributed by atoms with van der Waals surface area (Å²) in [5, 5.41) is 14.4. The van der Waals surface area contributed by atoms with Crippen molar-refractivity contribution in [2.75, 3.05) is 12.9 Å². The van der Waals surface area contributed by atoms with Gasteiger partial charge in [-0.15, -0.1) is 10.2 Å². The monoisotopic (exact) mass is 547 g/mol. The first-order valence-corrected chi connectivity index (χ1v) is 13.4. The van der Waals surface area contributed by atoms with E-state index in [2.05, 4.69) is 65.8 Å². The largest absolute Gasteiger partial charge is 0.497 e. The fraction of sp³-hybridized carbons (Fsp3) is 0.241. The molecule has 4 rings (SSSR count). The van der Waals surface area contributed by atoms with E-state index < -0.39 is 0 Å². The molecule has 1 N–H and O–H groups in total. The van der Waals surface area contributed by atoms with E-state index in [-0.39, 0.29) is 17.1 Å². The molecule has 0 aliphatic carbocycles. The summed E-state index contributed by atoms with van der Waals surface area (Å²) in [7, 11) is 1.63. The van der Waals surface area contributed by atoms with Crippen LogP contribution in [0, 0.1) is 0 Å². The van der Waals surface area contributed by atoms with E-state index in [0.717, 1.165) is 22.6 Å². The molecule has 4 aromatic rings. The van der Waals surface area contributed by atoms with Gasteiger partial charge in [0.2, 0.25) is 0 Å². The Balaban J connectivity index is 1.56. The van der Waals surface area contributed by atoms with E-state index in [0.29, 0.717) is 21.7 Å². The first kappa shape index (κ1) is 27.4. The molecule has 0 saturated heterocycles. The predicted molar refractivity (Wildman–Crippen MR) is 155 cm³/mol. The number of rotatable bonds is 8. The van der Waals surface area contributed by atoms with Crippen LogP contribution in [0.5, 0.6) is 5.75 Å². The van der Waals surface area contributed by atoms with Gasteiger partial charge in [0.15, 0.2) is 11.0 Å². The molecular weight excluding hydrogens is 518 g/mol. The summed E-state index contributed by atoms with van der Waals surface area (Å²) in [6.07, 6.45) is 0. The highest BCUT2D eigenvalue weighted by molar-refractivity contribution is 7.99. The topological polar surface area (TPSA) is 81.4 Å². The second-order valence-corrected chi connectivity index (χ2v) is 11.1. The van der Waals surface area contributed by atoms with Crippen molar-refractivity contribution in [2.24, 2.45) is 5.10 Å². The second-order valence-electron chi connectivity index (χ2n) is 9.69. The van der Waals surface area contributed by atoms with E-state index in [4.69, 9.17) is 16.3 Å². The van der Waals surface area contributed by atoms with Crippen LogP contribution in [0.2, 0.25) is 5.02 Å². The van der Waals surface area contributed by atoms with Gasteiger partial charge in [0.25, 0.3) is 5.91 Å². The Morgan fingerprint density at radius 2 is 1.66 bits per heavy atom.